The summed E-state index contributed by atoms with van der Waals surface area (Å²) >= 11 is 0. The summed E-state index contributed by atoms with van der Waals surface area (Å²) in [6, 6.07) is 0. The van der Waals surface area contributed by atoms with Crippen molar-refractivity contribution in [1.82, 2.24) is 0 Å². The van der Waals surface area contributed by atoms with Crippen molar-refractivity contribution in [3.05, 3.63) is 0 Å². The van der Waals surface area contributed by atoms with E-state index in [2.05, 4.69) is 41.5 Å². The number of hydrogen-bond acceptors (Lipinski definition) is 15. The van der Waals surface area contributed by atoms with Crippen molar-refractivity contribution < 1.29 is 80.2 Å². The molecule has 0 aromatic rings. The monoisotopic (exact) mass is 1370 g/mol. The topological polar surface area (TPSA) is 237 Å². The van der Waals surface area contributed by atoms with E-state index in [0.29, 0.717) is 25.7 Å². The largest absolute Gasteiger partial charge is 0.472 e. The van der Waals surface area contributed by atoms with Crippen LogP contribution in [0.2, 0.25) is 0 Å². The summed E-state index contributed by atoms with van der Waals surface area (Å²) in [5, 5.41) is 10.6. The standard InChI is InChI=1S/C74H144O17P2/c1-7-9-11-13-15-16-17-18-19-20-24-27-33-39-45-51-57-72(77)85-63-70(91-73(78)58-52-46-40-34-28-25-22-21-23-26-31-37-42-48-54-66(3)4)65-89-93(82,83)87-61-68(75)60-86-92(80,81)88-64-69(62-84-71(76)56-50-44-36-14-12-10-8-2)90-74(79)59-53-47-41-35-30-29-32-38-43-49-55-67(5)6/h66-70,75H,7-65H2,1-6H3,(H,80,81)(H,82,83)/t68-,69+,70+/m0/s1. The second kappa shape index (κ2) is 66.0. The third-order valence-electron chi connectivity index (χ3n) is 17.2. The number of carbonyl (C=O) groups is 4. The van der Waals surface area contributed by atoms with E-state index in [-0.39, 0.29) is 25.7 Å². The van der Waals surface area contributed by atoms with Crippen molar-refractivity contribution in [2.75, 3.05) is 39.6 Å². The number of carbonyl (C=O) groups excluding carboxylic acids is 4. The van der Waals surface area contributed by atoms with Crippen LogP contribution >= 0.6 is 15.6 Å². The summed E-state index contributed by atoms with van der Waals surface area (Å²) in [7, 11) is -9.90. The molecule has 0 aliphatic heterocycles. The van der Waals surface area contributed by atoms with Crippen LogP contribution in [-0.4, -0.2) is 96.7 Å². The molecule has 0 heterocycles. The van der Waals surface area contributed by atoms with Crippen LogP contribution in [0.5, 0.6) is 0 Å². The van der Waals surface area contributed by atoms with Crippen LogP contribution in [0.4, 0.5) is 0 Å². The van der Waals surface area contributed by atoms with Gasteiger partial charge < -0.3 is 33.8 Å². The number of aliphatic hydroxyl groups is 1. The van der Waals surface area contributed by atoms with Crippen LogP contribution in [0.3, 0.4) is 0 Å². The van der Waals surface area contributed by atoms with E-state index in [4.69, 9.17) is 37.0 Å². The van der Waals surface area contributed by atoms with Crippen molar-refractivity contribution in [3.63, 3.8) is 0 Å². The summed E-state index contributed by atoms with van der Waals surface area (Å²) < 4.78 is 68.4. The van der Waals surface area contributed by atoms with Crippen LogP contribution in [0.15, 0.2) is 0 Å². The lowest BCUT2D eigenvalue weighted by molar-refractivity contribution is -0.161. The van der Waals surface area contributed by atoms with Crippen molar-refractivity contribution in [2.24, 2.45) is 11.8 Å². The molecule has 0 aromatic carbocycles. The molecule has 0 bridgehead atoms. The first-order valence-corrected chi connectivity index (χ1v) is 41.5. The zero-order valence-electron chi connectivity index (χ0n) is 60.6. The van der Waals surface area contributed by atoms with Gasteiger partial charge in [-0.25, -0.2) is 9.13 Å². The average molecular weight is 1370 g/mol. The van der Waals surface area contributed by atoms with E-state index >= 15 is 0 Å². The van der Waals surface area contributed by atoms with Crippen LogP contribution < -0.4 is 0 Å². The Kier molecular flexibility index (Phi) is 64.6. The third kappa shape index (κ3) is 68.4. The maximum absolute atomic E-state index is 13.1. The Morgan fingerprint density at radius 3 is 0.731 bits per heavy atom. The second-order valence-corrected chi connectivity index (χ2v) is 30.5. The lowest BCUT2D eigenvalue weighted by Gasteiger charge is -2.21. The molecule has 552 valence electrons. The predicted octanol–water partition coefficient (Wildman–Crippen LogP) is 21.6. The molecule has 3 N–H and O–H groups in total. The van der Waals surface area contributed by atoms with E-state index in [1.807, 2.05) is 0 Å². The smallest absolute Gasteiger partial charge is 0.462 e. The second-order valence-electron chi connectivity index (χ2n) is 27.6. The molecule has 0 radical (unpaired) electrons. The lowest BCUT2D eigenvalue weighted by atomic mass is 10.0. The Hall–Kier alpha value is -1.94. The van der Waals surface area contributed by atoms with Gasteiger partial charge in [-0.3, -0.25) is 37.3 Å². The fraction of sp³-hybridized carbons (Fsp3) is 0.946. The van der Waals surface area contributed by atoms with E-state index in [1.165, 1.54) is 186 Å². The summed E-state index contributed by atoms with van der Waals surface area (Å²) in [6.07, 6.45) is 52.8. The summed E-state index contributed by atoms with van der Waals surface area (Å²) in [5.41, 5.74) is 0. The molecule has 0 aliphatic carbocycles. The van der Waals surface area contributed by atoms with Gasteiger partial charge in [0.1, 0.15) is 19.3 Å². The predicted molar refractivity (Wildman–Crippen MR) is 377 cm³/mol. The highest BCUT2D eigenvalue weighted by Crippen LogP contribution is 2.45. The zero-order chi connectivity index (χ0) is 68.6. The van der Waals surface area contributed by atoms with Crippen LogP contribution in [0.25, 0.3) is 0 Å². The fourth-order valence-corrected chi connectivity index (χ4v) is 12.9. The fourth-order valence-electron chi connectivity index (χ4n) is 11.3. The van der Waals surface area contributed by atoms with Gasteiger partial charge >= 0.3 is 39.5 Å². The normalized spacial score (nSPS) is 14.1. The number of hydrogen-bond donors (Lipinski definition) is 3. The first kappa shape index (κ1) is 91.1. The van der Waals surface area contributed by atoms with Gasteiger partial charge in [0, 0.05) is 25.7 Å². The van der Waals surface area contributed by atoms with Gasteiger partial charge in [-0.1, -0.05) is 330 Å². The van der Waals surface area contributed by atoms with Gasteiger partial charge in [-0.2, -0.15) is 0 Å². The van der Waals surface area contributed by atoms with Crippen LogP contribution in [-0.2, 0) is 65.4 Å². The van der Waals surface area contributed by atoms with Gasteiger partial charge in [0.2, 0.25) is 0 Å². The summed E-state index contributed by atoms with van der Waals surface area (Å²) in [6.45, 7) is 9.56. The number of aliphatic hydroxyl groups excluding tert-OH is 1. The molecule has 0 saturated heterocycles. The Morgan fingerprint density at radius 1 is 0.290 bits per heavy atom. The molecular weight excluding hydrogens is 1220 g/mol. The molecule has 0 aromatic heterocycles. The molecule has 5 atom stereocenters. The number of unbranched alkanes of at least 4 members (excludes halogenated alkanes) is 43. The van der Waals surface area contributed by atoms with Crippen LogP contribution in [0.1, 0.15) is 382 Å². The lowest BCUT2D eigenvalue weighted by Crippen LogP contribution is -2.30. The molecule has 0 rings (SSSR count). The Bertz CT molecular complexity index is 1800. The molecule has 19 heteroatoms. The minimum absolute atomic E-state index is 0.106. The quantitative estimate of drug-likeness (QED) is 0.0222. The highest BCUT2D eigenvalue weighted by atomic mass is 31.2. The first-order valence-electron chi connectivity index (χ1n) is 38.5. The highest BCUT2D eigenvalue weighted by Gasteiger charge is 2.30. The average Bonchev–Trinajstić information content (AvgIpc) is 2.83. The Balaban J connectivity index is 5.20. The summed E-state index contributed by atoms with van der Waals surface area (Å²) in [4.78, 5) is 72.6. The molecule has 0 aliphatic rings. The van der Waals surface area contributed by atoms with Crippen LogP contribution in [0, 0.1) is 11.8 Å². The van der Waals surface area contributed by atoms with E-state index in [0.717, 1.165) is 115 Å². The van der Waals surface area contributed by atoms with Gasteiger partial charge in [-0.05, 0) is 37.5 Å². The van der Waals surface area contributed by atoms with Crippen molar-refractivity contribution in [1.29, 1.82) is 0 Å². The van der Waals surface area contributed by atoms with Crippen molar-refractivity contribution in [3.8, 4) is 0 Å². The molecule has 17 nitrogen and oxygen atoms in total. The van der Waals surface area contributed by atoms with Gasteiger partial charge in [-0.15, -0.1) is 0 Å². The number of phosphoric acid groups is 2. The van der Waals surface area contributed by atoms with E-state index < -0.39 is 97.5 Å². The van der Waals surface area contributed by atoms with Crippen molar-refractivity contribution >= 4 is 39.5 Å². The Labute approximate surface area is 568 Å². The molecule has 0 fully saturated rings. The molecule has 2 unspecified atom stereocenters. The van der Waals surface area contributed by atoms with E-state index in [9.17, 15) is 43.2 Å². The number of esters is 4. The molecule has 0 saturated carbocycles. The molecular formula is C74H144O17P2. The van der Waals surface area contributed by atoms with Crippen molar-refractivity contribution in [2.45, 2.75) is 400 Å². The number of phosphoric ester groups is 2. The van der Waals surface area contributed by atoms with E-state index in [1.54, 1.807) is 0 Å². The molecule has 93 heavy (non-hydrogen) atoms. The highest BCUT2D eigenvalue weighted by molar-refractivity contribution is 7.47. The third-order valence-corrected chi connectivity index (χ3v) is 19.1. The summed E-state index contributed by atoms with van der Waals surface area (Å²) in [5.74, 6) is -0.575. The van der Waals surface area contributed by atoms with Gasteiger partial charge in [0.25, 0.3) is 0 Å². The van der Waals surface area contributed by atoms with Gasteiger partial charge in [0.05, 0.1) is 26.4 Å². The zero-order valence-corrected chi connectivity index (χ0v) is 62.3. The maximum atomic E-state index is 13.1. The van der Waals surface area contributed by atoms with Gasteiger partial charge in [0.15, 0.2) is 12.2 Å². The molecule has 0 spiro atoms. The molecule has 0 amide bonds. The number of ether oxygens (including phenoxy) is 4. The Morgan fingerprint density at radius 2 is 0.495 bits per heavy atom. The minimum atomic E-state index is -4.95. The maximum Gasteiger partial charge on any atom is 0.472 e. The first-order chi connectivity index (χ1) is 44.9. The number of rotatable bonds is 73. The SMILES string of the molecule is CCCCCCCCCCCCCCCCCCC(=O)OC[C@H](COP(=O)(O)OC[C@@H](O)COP(=O)(O)OC[C@@H](COC(=O)CCCCCCCCC)OC(=O)CCCCCCCCCCCCC(C)C)OC(=O)CCCCCCCCCCCCCCCCC(C)C. The minimum Gasteiger partial charge on any atom is -0.462 e.